The minimum atomic E-state index is -0.630. The first-order chi connectivity index (χ1) is 14.0. The number of rotatable bonds is 6. The summed E-state index contributed by atoms with van der Waals surface area (Å²) in [6.45, 7) is 6.25. The van der Waals surface area contributed by atoms with Gasteiger partial charge in [-0.1, -0.05) is 25.1 Å². The summed E-state index contributed by atoms with van der Waals surface area (Å²) in [7, 11) is 4.13. The highest BCUT2D eigenvalue weighted by Crippen LogP contribution is 2.22. The lowest BCUT2D eigenvalue weighted by atomic mass is 10.1. The highest BCUT2D eigenvalue weighted by molar-refractivity contribution is 6.39. The summed E-state index contributed by atoms with van der Waals surface area (Å²) in [6.07, 6.45) is 2.80. The third-order valence-electron chi connectivity index (χ3n) is 5.61. The smallest absolute Gasteiger partial charge is 0.313 e. The highest BCUT2D eigenvalue weighted by atomic mass is 16.2. The van der Waals surface area contributed by atoms with Gasteiger partial charge in [-0.05, 0) is 37.2 Å². The molecule has 1 atom stereocenters. The molecule has 0 unspecified atom stereocenters. The Morgan fingerprint density at radius 1 is 1.00 bits per heavy atom. The Morgan fingerprint density at radius 2 is 1.72 bits per heavy atom. The van der Waals surface area contributed by atoms with Crippen molar-refractivity contribution in [3.8, 4) is 0 Å². The third kappa shape index (κ3) is 5.25. The number of likely N-dealkylation sites (N-methyl/N-ethyl adjacent to an activating group) is 1. The van der Waals surface area contributed by atoms with Crippen LogP contribution in [0.4, 0.5) is 5.69 Å². The van der Waals surface area contributed by atoms with Gasteiger partial charge in [-0.2, -0.15) is 0 Å². The number of carbonyl (C=O) groups is 2. The number of amides is 2. The van der Waals surface area contributed by atoms with Crippen LogP contribution in [0.15, 0.2) is 42.6 Å². The van der Waals surface area contributed by atoms with Gasteiger partial charge >= 0.3 is 11.8 Å². The second-order valence-electron chi connectivity index (χ2n) is 7.57. The molecule has 1 aromatic carbocycles. The van der Waals surface area contributed by atoms with Crippen LogP contribution in [0, 0.1) is 0 Å². The van der Waals surface area contributed by atoms with E-state index in [1.54, 1.807) is 0 Å². The van der Waals surface area contributed by atoms with Gasteiger partial charge in [-0.15, -0.1) is 0 Å². The van der Waals surface area contributed by atoms with Crippen molar-refractivity contribution in [3.05, 3.63) is 53.9 Å². The number of aromatic nitrogens is 1. The second-order valence-corrected chi connectivity index (χ2v) is 7.57. The van der Waals surface area contributed by atoms with E-state index < -0.39 is 11.8 Å². The first kappa shape index (κ1) is 21.1. The number of benzene rings is 1. The number of para-hydroxylation sites is 1. The number of nitrogens with one attached hydrogen (secondary N) is 2. The number of aryl methyl sites for hydroxylation is 2. The average Bonchev–Trinajstić information content (AvgIpc) is 3.15. The molecule has 2 N–H and O–H groups in total. The molecule has 0 bridgehead atoms. The fraction of sp³-hybridized carbons (Fsp3) is 0.455. The SMILES string of the molecule is CCc1ccccc1NC(=O)C(=O)NC[C@@H](c1cccn1C)N1CCN(C)CC1. The van der Waals surface area contributed by atoms with Gasteiger partial charge in [-0.3, -0.25) is 14.5 Å². The maximum absolute atomic E-state index is 12.5. The van der Waals surface area contributed by atoms with E-state index in [1.807, 2.05) is 50.5 Å². The number of hydrogen-bond acceptors (Lipinski definition) is 4. The van der Waals surface area contributed by atoms with Crippen LogP contribution >= 0.6 is 0 Å². The predicted octanol–water partition coefficient (Wildman–Crippen LogP) is 1.63. The lowest BCUT2D eigenvalue weighted by Gasteiger charge is -2.38. The molecule has 2 heterocycles. The predicted molar refractivity (Wildman–Crippen MR) is 115 cm³/mol. The van der Waals surface area contributed by atoms with E-state index in [9.17, 15) is 9.59 Å². The maximum Gasteiger partial charge on any atom is 0.313 e. The number of nitrogens with zero attached hydrogens (tertiary/aromatic N) is 3. The van der Waals surface area contributed by atoms with Gasteiger partial charge in [-0.25, -0.2) is 0 Å². The molecular weight excluding hydrogens is 366 g/mol. The fourth-order valence-electron chi connectivity index (χ4n) is 3.77. The van der Waals surface area contributed by atoms with Gasteiger partial charge in [0.15, 0.2) is 0 Å². The zero-order valence-corrected chi connectivity index (χ0v) is 17.5. The van der Waals surface area contributed by atoms with Crippen molar-refractivity contribution >= 4 is 17.5 Å². The molecule has 2 amide bonds. The Kier molecular flexibility index (Phi) is 7.06. The van der Waals surface area contributed by atoms with E-state index in [2.05, 4.69) is 38.1 Å². The van der Waals surface area contributed by atoms with Crippen LogP contribution in [0.25, 0.3) is 0 Å². The normalized spacial score (nSPS) is 16.4. The second kappa shape index (κ2) is 9.71. The van der Waals surface area contributed by atoms with Crippen LogP contribution in [0.3, 0.4) is 0 Å². The average molecular weight is 398 g/mol. The van der Waals surface area contributed by atoms with Gasteiger partial charge in [0.2, 0.25) is 0 Å². The standard InChI is InChI=1S/C22H31N5O2/c1-4-17-8-5-6-9-18(17)24-22(29)21(28)23-16-20(19-10-7-11-26(19)3)27-14-12-25(2)13-15-27/h5-11,20H,4,12-16H2,1-3H3,(H,23,28)(H,24,29)/t20-/m0/s1. The Bertz CT molecular complexity index is 839. The van der Waals surface area contributed by atoms with E-state index in [-0.39, 0.29) is 6.04 Å². The summed E-state index contributed by atoms with van der Waals surface area (Å²) >= 11 is 0. The quantitative estimate of drug-likeness (QED) is 0.727. The van der Waals surface area contributed by atoms with Crippen molar-refractivity contribution < 1.29 is 9.59 Å². The van der Waals surface area contributed by atoms with Crippen molar-refractivity contribution in [1.82, 2.24) is 19.7 Å². The van der Waals surface area contributed by atoms with Gasteiger partial charge in [0, 0.05) is 57.3 Å². The summed E-state index contributed by atoms with van der Waals surface area (Å²) in [5.41, 5.74) is 2.83. The van der Waals surface area contributed by atoms with Crippen LogP contribution in [-0.4, -0.2) is 66.0 Å². The molecule has 7 heteroatoms. The molecule has 0 aliphatic carbocycles. The summed E-state index contributed by atoms with van der Waals surface area (Å²) < 4.78 is 2.08. The van der Waals surface area contributed by atoms with Crippen molar-refractivity contribution in [2.75, 3.05) is 45.1 Å². The van der Waals surface area contributed by atoms with Crippen molar-refractivity contribution in [1.29, 1.82) is 0 Å². The molecule has 3 rings (SSSR count). The van der Waals surface area contributed by atoms with E-state index in [1.165, 1.54) is 0 Å². The topological polar surface area (TPSA) is 69.6 Å². The number of anilines is 1. The van der Waals surface area contributed by atoms with E-state index >= 15 is 0 Å². The first-order valence-electron chi connectivity index (χ1n) is 10.2. The summed E-state index contributed by atoms with van der Waals surface area (Å²) in [5, 5.41) is 5.58. The summed E-state index contributed by atoms with van der Waals surface area (Å²) in [5.74, 6) is -1.24. The van der Waals surface area contributed by atoms with E-state index in [4.69, 9.17) is 0 Å². The van der Waals surface area contributed by atoms with Crippen LogP contribution in [-0.2, 0) is 23.1 Å². The number of carbonyl (C=O) groups excluding carboxylic acids is 2. The molecule has 1 fully saturated rings. The monoisotopic (exact) mass is 397 g/mol. The molecule has 0 saturated carbocycles. The van der Waals surface area contributed by atoms with E-state index in [0.717, 1.165) is 43.9 Å². The zero-order chi connectivity index (χ0) is 20.8. The molecule has 2 aromatic rings. The van der Waals surface area contributed by atoms with Gasteiger partial charge in [0.25, 0.3) is 0 Å². The first-order valence-corrected chi connectivity index (χ1v) is 10.2. The van der Waals surface area contributed by atoms with Gasteiger partial charge < -0.3 is 20.1 Å². The Labute approximate surface area is 172 Å². The molecule has 1 aliphatic rings. The van der Waals surface area contributed by atoms with Crippen LogP contribution < -0.4 is 10.6 Å². The van der Waals surface area contributed by atoms with Crippen molar-refractivity contribution in [2.24, 2.45) is 7.05 Å². The van der Waals surface area contributed by atoms with Crippen LogP contribution in [0.1, 0.15) is 24.2 Å². The Morgan fingerprint density at radius 3 is 2.38 bits per heavy atom. The lowest BCUT2D eigenvalue weighted by Crippen LogP contribution is -2.49. The number of hydrogen-bond donors (Lipinski definition) is 2. The van der Waals surface area contributed by atoms with Gasteiger partial charge in [0.1, 0.15) is 0 Å². The molecule has 0 radical (unpaired) electrons. The molecule has 1 aliphatic heterocycles. The van der Waals surface area contributed by atoms with E-state index in [0.29, 0.717) is 12.2 Å². The lowest BCUT2D eigenvalue weighted by molar-refractivity contribution is -0.136. The Balaban J connectivity index is 1.64. The van der Waals surface area contributed by atoms with Crippen LogP contribution in [0.5, 0.6) is 0 Å². The molecule has 156 valence electrons. The summed E-state index contributed by atoms with van der Waals surface area (Å²) in [6, 6.07) is 11.7. The molecular formula is C22H31N5O2. The Hall–Kier alpha value is -2.64. The molecule has 1 saturated heterocycles. The summed E-state index contributed by atoms with van der Waals surface area (Å²) in [4.78, 5) is 29.6. The molecule has 1 aromatic heterocycles. The van der Waals surface area contributed by atoms with Gasteiger partial charge in [0.05, 0.1) is 6.04 Å². The minimum Gasteiger partial charge on any atom is -0.353 e. The van der Waals surface area contributed by atoms with Crippen molar-refractivity contribution in [2.45, 2.75) is 19.4 Å². The molecule has 7 nitrogen and oxygen atoms in total. The third-order valence-corrected chi connectivity index (χ3v) is 5.61. The number of piperazine rings is 1. The van der Waals surface area contributed by atoms with Crippen LogP contribution in [0.2, 0.25) is 0 Å². The largest absolute Gasteiger partial charge is 0.353 e. The highest BCUT2D eigenvalue weighted by Gasteiger charge is 2.27. The molecule has 0 spiro atoms. The molecule has 29 heavy (non-hydrogen) atoms. The van der Waals surface area contributed by atoms with Crippen molar-refractivity contribution in [3.63, 3.8) is 0 Å². The zero-order valence-electron chi connectivity index (χ0n) is 17.5. The maximum atomic E-state index is 12.5. The fourth-order valence-corrected chi connectivity index (χ4v) is 3.77. The minimum absolute atomic E-state index is 0.0309.